The first-order valence-electron chi connectivity index (χ1n) is 9.69. The van der Waals surface area contributed by atoms with Crippen LogP contribution in [0.3, 0.4) is 0 Å². The molecule has 144 valence electrons. The molecule has 28 heavy (non-hydrogen) atoms. The van der Waals surface area contributed by atoms with E-state index in [1.165, 1.54) is 5.69 Å². The summed E-state index contributed by atoms with van der Waals surface area (Å²) in [5, 5.41) is 12.2. The Kier molecular flexibility index (Phi) is 7.07. The third kappa shape index (κ3) is 5.36. The highest BCUT2D eigenvalue weighted by molar-refractivity contribution is 5.80. The number of hydrazone groups is 1. The standard InChI is InChI=1S/C22H26N6/c1-3-14-28(15-4-2)20-12-10-18(11-13-20)16-23-26-22-25-21(17-24-27-22)19-8-6-5-7-9-19/h5-13,16-17H,3-4,14-15H2,1-2H3,(H,25,26,27). The van der Waals surface area contributed by atoms with Crippen LogP contribution >= 0.6 is 0 Å². The number of nitrogens with one attached hydrogen (secondary N) is 1. The molecule has 0 saturated carbocycles. The van der Waals surface area contributed by atoms with Crippen LogP contribution in [0, 0.1) is 0 Å². The minimum atomic E-state index is 0.367. The molecule has 1 heterocycles. The molecule has 1 N–H and O–H groups in total. The van der Waals surface area contributed by atoms with Gasteiger partial charge >= 0.3 is 0 Å². The highest BCUT2D eigenvalue weighted by atomic mass is 15.4. The van der Waals surface area contributed by atoms with Gasteiger partial charge in [-0.15, -0.1) is 5.10 Å². The lowest BCUT2D eigenvalue weighted by molar-refractivity contribution is 0.745. The first-order chi connectivity index (χ1) is 13.8. The van der Waals surface area contributed by atoms with Gasteiger partial charge in [-0.05, 0) is 30.5 Å². The predicted molar refractivity (Wildman–Crippen MR) is 116 cm³/mol. The van der Waals surface area contributed by atoms with Gasteiger partial charge in [-0.1, -0.05) is 56.3 Å². The van der Waals surface area contributed by atoms with Crippen molar-refractivity contribution < 1.29 is 0 Å². The summed E-state index contributed by atoms with van der Waals surface area (Å²) in [4.78, 5) is 6.86. The summed E-state index contributed by atoms with van der Waals surface area (Å²) < 4.78 is 0. The predicted octanol–water partition coefficient (Wildman–Crippen LogP) is 4.61. The van der Waals surface area contributed by atoms with Crippen molar-refractivity contribution in [2.45, 2.75) is 26.7 Å². The van der Waals surface area contributed by atoms with Gasteiger partial charge in [-0.2, -0.15) is 10.2 Å². The first kappa shape index (κ1) is 19.5. The van der Waals surface area contributed by atoms with Gasteiger partial charge in [-0.3, -0.25) is 0 Å². The molecule has 3 aromatic rings. The van der Waals surface area contributed by atoms with Gasteiger partial charge in [0, 0.05) is 24.3 Å². The molecular formula is C22H26N6. The Morgan fingerprint density at radius 2 is 1.68 bits per heavy atom. The minimum absolute atomic E-state index is 0.367. The second-order valence-corrected chi connectivity index (χ2v) is 6.48. The van der Waals surface area contributed by atoms with Crippen LogP contribution in [-0.2, 0) is 0 Å². The van der Waals surface area contributed by atoms with Gasteiger partial charge in [0.15, 0.2) is 0 Å². The molecule has 2 aromatic carbocycles. The fourth-order valence-corrected chi connectivity index (χ4v) is 2.94. The molecule has 6 heteroatoms. The molecule has 0 unspecified atom stereocenters. The fraction of sp³-hybridized carbons (Fsp3) is 0.273. The lowest BCUT2D eigenvalue weighted by atomic mass is 10.2. The van der Waals surface area contributed by atoms with Gasteiger partial charge in [0.2, 0.25) is 0 Å². The Labute approximate surface area is 166 Å². The Balaban J connectivity index is 1.63. The van der Waals surface area contributed by atoms with Gasteiger partial charge in [0.25, 0.3) is 5.95 Å². The third-order valence-corrected chi connectivity index (χ3v) is 4.25. The lowest BCUT2D eigenvalue weighted by Crippen LogP contribution is -2.24. The van der Waals surface area contributed by atoms with E-state index in [0.29, 0.717) is 5.95 Å². The number of aromatic nitrogens is 3. The van der Waals surface area contributed by atoms with Crippen LogP contribution in [0.1, 0.15) is 32.3 Å². The van der Waals surface area contributed by atoms with Crippen molar-refractivity contribution in [3.63, 3.8) is 0 Å². The van der Waals surface area contributed by atoms with Crippen LogP contribution in [0.25, 0.3) is 11.3 Å². The molecule has 0 spiro atoms. The van der Waals surface area contributed by atoms with Gasteiger partial charge in [0.1, 0.15) is 0 Å². The number of benzene rings is 2. The molecule has 0 saturated heterocycles. The van der Waals surface area contributed by atoms with Crippen molar-refractivity contribution in [2.24, 2.45) is 5.10 Å². The van der Waals surface area contributed by atoms with Crippen molar-refractivity contribution in [1.29, 1.82) is 0 Å². The summed E-state index contributed by atoms with van der Waals surface area (Å²) in [6.45, 7) is 6.56. The zero-order valence-corrected chi connectivity index (χ0v) is 16.4. The Hall–Kier alpha value is -3.28. The Bertz CT molecular complexity index is 871. The van der Waals surface area contributed by atoms with E-state index in [2.05, 4.69) is 68.7 Å². The zero-order valence-electron chi connectivity index (χ0n) is 16.4. The Morgan fingerprint density at radius 1 is 0.964 bits per heavy atom. The normalized spacial score (nSPS) is 10.9. The van der Waals surface area contributed by atoms with E-state index in [9.17, 15) is 0 Å². The molecule has 0 radical (unpaired) electrons. The third-order valence-electron chi connectivity index (χ3n) is 4.25. The molecule has 6 nitrogen and oxygen atoms in total. The second-order valence-electron chi connectivity index (χ2n) is 6.48. The van der Waals surface area contributed by atoms with Crippen molar-refractivity contribution >= 4 is 17.9 Å². The molecule has 0 atom stereocenters. The largest absolute Gasteiger partial charge is 0.372 e. The van der Waals surface area contributed by atoms with Crippen LogP contribution in [0.15, 0.2) is 65.9 Å². The van der Waals surface area contributed by atoms with Crippen LogP contribution in [-0.4, -0.2) is 34.5 Å². The molecule has 0 aliphatic carbocycles. The van der Waals surface area contributed by atoms with Gasteiger partial charge in [0.05, 0.1) is 18.1 Å². The van der Waals surface area contributed by atoms with E-state index in [-0.39, 0.29) is 0 Å². The highest BCUT2D eigenvalue weighted by Crippen LogP contribution is 2.17. The minimum Gasteiger partial charge on any atom is -0.372 e. The van der Waals surface area contributed by atoms with Crippen molar-refractivity contribution in [3.05, 3.63) is 66.4 Å². The highest BCUT2D eigenvalue weighted by Gasteiger charge is 2.04. The summed E-state index contributed by atoms with van der Waals surface area (Å²) in [5.74, 6) is 0.367. The topological polar surface area (TPSA) is 66.3 Å². The maximum Gasteiger partial charge on any atom is 0.263 e. The van der Waals surface area contributed by atoms with Gasteiger partial charge < -0.3 is 4.90 Å². The van der Waals surface area contributed by atoms with E-state index in [0.717, 1.165) is 42.8 Å². The second kappa shape index (κ2) is 10.2. The number of hydrogen-bond donors (Lipinski definition) is 1. The first-order valence-corrected chi connectivity index (χ1v) is 9.69. The van der Waals surface area contributed by atoms with Crippen molar-refractivity contribution in [3.8, 4) is 11.3 Å². The summed E-state index contributed by atoms with van der Waals surface area (Å²) in [7, 11) is 0. The maximum atomic E-state index is 4.45. The SMILES string of the molecule is CCCN(CCC)c1ccc(C=NNc2nncc(-c3ccccc3)n2)cc1. The number of hydrogen-bond acceptors (Lipinski definition) is 6. The van der Waals surface area contributed by atoms with Gasteiger partial charge in [-0.25, -0.2) is 10.4 Å². The molecule has 0 amide bonds. The molecule has 1 aromatic heterocycles. The molecule has 0 aliphatic rings. The number of rotatable bonds is 9. The molecule has 0 bridgehead atoms. The number of anilines is 2. The average molecular weight is 374 g/mol. The quantitative estimate of drug-likeness (QED) is 0.438. The van der Waals surface area contributed by atoms with Crippen LogP contribution in [0.5, 0.6) is 0 Å². The molecule has 0 fully saturated rings. The van der Waals surface area contributed by atoms with Crippen molar-refractivity contribution in [1.82, 2.24) is 15.2 Å². The van der Waals surface area contributed by atoms with E-state index in [1.807, 2.05) is 30.3 Å². The maximum absolute atomic E-state index is 4.45. The summed E-state index contributed by atoms with van der Waals surface area (Å²) in [6, 6.07) is 18.3. The van der Waals surface area contributed by atoms with E-state index < -0.39 is 0 Å². The lowest BCUT2D eigenvalue weighted by Gasteiger charge is -2.23. The molecular weight excluding hydrogens is 348 g/mol. The Morgan fingerprint density at radius 3 is 2.36 bits per heavy atom. The van der Waals surface area contributed by atoms with Crippen LogP contribution < -0.4 is 10.3 Å². The summed E-state index contributed by atoms with van der Waals surface area (Å²) in [5.41, 5.74) is 6.86. The average Bonchev–Trinajstić information content (AvgIpc) is 2.75. The van der Waals surface area contributed by atoms with E-state index in [4.69, 9.17) is 0 Å². The molecule has 0 aliphatic heterocycles. The van der Waals surface area contributed by atoms with Crippen LogP contribution in [0.2, 0.25) is 0 Å². The van der Waals surface area contributed by atoms with Crippen LogP contribution in [0.4, 0.5) is 11.6 Å². The van der Waals surface area contributed by atoms with Crippen molar-refractivity contribution in [2.75, 3.05) is 23.4 Å². The van der Waals surface area contributed by atoms with E-state index >= 15 is 0 Å². The summed E-state index contributed by atoms with van der Waals surface area (Å²) in [6.07, 6.45) is 5.68. The fourth-order valence-electron chi connectivity index (χ4n) is 2.94. The van der Waals surface area contributed by atoms with E-state index in [1.54, 1.807) is 12.4 Å². The summed E-state index contributed by atoms with van der Waals surface area (Å²) >= 11 is 0. The monoisotopic (exact) mass is 374 g/mol. The zero-order chi connectivity index (χ0) is 19.6. The molecule has 3 rings (SSSR count). The number of nitrogens with zero attached hydrogens (tertiary/aromatic N) is 5. The smallest absolute Gasteiger partial charge is 0.263 e.